The molecule has 1 rings (SSSR count). The van der Waals surface area contributed by atoms with Gasteiger partial charge in [-0.3, -0.25) is 9.59 Å². The Morgan fingerprint density at radius 2 is 1.13 bits per heavy atom. The van der Waals surface area contributed by atoms with E-state index in [1.54, 1.807) is 0 Å². The van der Waals surface area contributed by atoms with Crippen molar-refractivity contribution < 1.29 is 49.0 Å². The van der Waals surface area contributed by atoms with Gasteiger partial charge in [-0.05, 0) is 44.9 Å². The molecule has 4 N–H and O–H groups in total. The van der Waals surface area contributed by atoms with Crippen molar-refractivity contribution in [2.75, 3.05) is 19.8 Å². The lowest BCUT2D eigenvalue weighted by molar-refractivity contribution is -0.305. The van der Waals surface area contributed by atoms with E-state index in [4.69, 9.17) is 18.9 Å². The van der Waals surface area contributed by atoms with E-state index in [1.165, 1.54) is 64.2 Å². The van der Waals surface area contributed by atoms with Gasteiger partial charge in [0.1, 0.15) is 31.0 Å². The monoisotopic (exact) mass is 777 g/mol. The summed E-state index contributed by atoms with van der Waals surface area (Å²) in [6.07, 6.45) is 35.2. The second kappa shape index (κ2) is 35.8. The van der Waals surface area contributed by atoms with E-state index in [2.05, 4.69) is 38.2 Å². The van der Waals surface area contributed by atoms with Crippen LogP contribution in [0.2, 0.25) is 0 Å². The standard InChI is InChI=1S/C45H76O10/c1-3-5-7-9-11-13-15-17-19-21-23-25-27-29-31-33-40(47)52-36-38(37-53-45-44(51)43(50)42(49)39(35-46)55-45)54-41(48)34-32-30-28-26-24-22-20-18-16-14-12-10-8-6-4-2/h5,7,9,11,13,15,17,19,28,30,38-39,42-46,49-51H,3-4,6,8,10,12,14,16,18,20-27,29,31-37H2,1-2H3/b7-5+,11-9+,15-13+,19-17+,30-28+/t38-,39-,42+,43?,44?,45-/m0/s1. The van der Waals surface area contributed by atoms with Crippen LogP contribution < -0.4 is 0 Å². The van der Waals surface area contributed by atoms with Gasteiger partial charge in [-0.1, -0.05) is 158 Å². The van der Waals surface area contributed by atoms with Crippen molar-refractivity contribution in [2.45, 2.75) is 192 Å². The quantitative estimate of drug-likeness (QED) is 0.0216. The molecule has 55 heavy (non-hydrogen) atoms. The van der Waals surface area contributed by atoms with Crippen LogP contribution in [0.15, 0.2) is 60.8 Å². The minimum Gasteiger partial charge on any atom is -0.462 e. The molecule has 10 nitrogen and oxygen atoms in total. The van der Waals surface area contributed by atoms with Crippen LogP contribution in [0.5, 0.6) is 0 Å². The van der Waals surface area contributed by atoms with Gasteiger partial charge in [-0.15, -0.1) is 0 Å². The molecule has 0 saturated carbocycles. The summed E-state index contributed by atoms with van der Waals surface area (Å²) in [6, 6.07) is 0. The fourth-order valence-corrected chi connectivity index (χ4v) is 6.10. The third kappa shape index (κ3) is 27.6. The maximum absolute atomic E-state index is 12.7. The average Bonchev–Trinajstić information content (AvgIpc) is 3.18. The first-order valence-electron chi connectivity index (χ1n) is 21.4. The lowest BCUT2D eigenvalue weighted by Gasteiger charge is -2.39. The van der Waals surface area contributed by atoms with Gasteiger partial charge in [0.05, 0.1) is 13.2 Å². The van der Waals surface area contributed by atoms with Gasteiger partial charge in [0.25, 0.3) is 0 Å². The highest BCUT2D eigenvalue weighted by molar-refractivity contribution is 5.70. The third-order valence-electron chi connectivity index (χ3n) is 9.49. The van der Waals surface area contributed by atoms with Gasteiger partial charge in [0, 0.05) is 12.8 Å². The summed E-state index contributed by atoms with van der Waals surface area (Å²) in [5, 5.41) is 40.0. The predicted molar refractivity (Wildman–Crippen MR) is 219 cm³/mol. The molecule has 0 bridgehead atoms. The third-order valence-corrected chi connectivity index (χ3v) is 9.49. The van der Waals surface area contributed by atoms with E-state index in [-0.39, 0.29) is 26.1 Å². The van der Waals surface area contributed by atoms with Gasteiger partial charge >= 0.3 is 11.9 Å². The normalized spacial score (nSPS) is 21.2. The van der Waals surface area contributed by atoms with Gasteiger partial charge in [0.2, 0.25) is 0 Å². The Hall–Kier alpha value is -2.60. The molecule has 1 aliphatic heterocycles. The lowest BCUT2D eigenvalue weighted by Crippen LogP contribution is -2.59. The number of hydrogen-bond acceptors (Lipinski definition) is 10. The molecule has 6 atom stereocenters. The summed E-state index contributed by atoms with van der Waals surface area (Å²) >= 11 is 0. The molecule has 0 spiro atoms. The summed E-state index contributed by atoms with van der Waals surface area (Å²) < 4.78 is 22.0. The number of allylic oxidation sites excluding steroid dienone is 10. The molecule has 10 heteroatoms. The van der Waals surface area contributed by atoms with Crippen LogP contribution in [0.25, 0.3) is 0 Å². The summed E-state index contributed by atoms with van der Waals surface area (Å²) in [5.74, 6) is -0.895. The molecule has 0 aromatic heterocycles. The van der Waals surface area contributed by atoms with E-state index < -0.39 is 55.4 Å². The van der Waals surface area contributed by atoms with Gasteiger partial charge < -0.3 is 39.4 Å². The second-order valence-corrected chi connectivity index (χ2v) is 14.5. The molecular weight excluding hydrogens is 700 g/mol. The SMILES string of the molecule is CC/C=C/C=C/C=C/C=C/CCCCCCCC(=O)OC[C@@H](CO[C@H]1O[C@@H](CO)[C@@H](O)C(O)C1O)OC(=O)CC/C=C/CCCCCCCCCCCCC. The van der Waals surface area contributed by atoms with Crippen LogP contribution in [0.3, 0.4) is 0 Å². The Bertz CT molecular complexity index is 1080. The van der Waals surface area contributed by atoms with Gasteiger partial charge in [0.15, 0.2) is 12.4 Å². The Balaban J connectivity index is 2.40. The van der Waals surface area contributed by atoms with Crippen LogP contribution >= 0.6 is 0 Å². The molecule has 2 unspecified atom stereocenters. The Labute approximate surface area is 332 Å². The number of carbonyl (C=O) groups is 2. The average molecular weight is 777 g/mol. The van der Waals surface area contributed by atoms with Crippen molar-refractivity contribution in [2.24, 2.45) is 0 Å². The highest BCUT2D eigenvalue weighted by Gasteiger charge is 2.44. The first-order chi connectivity index (χ1) is 26.8. The lowest BCUT2D eigenvalue weighted by atomic mass is 9.99. The van der Waals surface area contributed by atoms with E-state index >= 15 is 0 Å². The van der Waals surface area contributed by atoms with Gasteiger partial charge in [-0.2, -0.15) is 0 Å². The van der Waals surface area contributed by atoms with Gasteiger partial charge in [-0.25, -0.2) is 0 Å². The van der Waals surface area contributed by atoms with E-state index in [0.29, 0.717) is 12.8 Å². The molecule has 0 radical (unpaired) electrons. The smallest absolute Gasteiger partial charge is 0.306 e. The van der Waals surface area contributed by atoms with Crippen molar-refractivity contribution in [3.8, 4) is 0 Å². The zero-order valence-corrected chi connectivity index (χ0v) is 34.2. The molecule has 316 valence electrons. The molecule has 0 amide bonds. The summed E-state index contributed by atoms with van der Waals surface area (Å²) in [5.41, 5.74) is 0. The summed E-state index contributed by atoms with van der Waals surface area (Å²) in [6.45, 7) is 3.21. The number of esters is 2. The van der Waals surface area contributed by atoms with Crippen molar-refractivity contribution in [1.82, 2.24) is 0 Å². The first-order valence-corrected chi connectivity index (χ1v) is 21.4. The van der Waals surface area contributed by atoms with E-state index in [9.17, 15) is 30.0 Å². The zero-order chi connectivity index (χ0) is 40.2. The highest BCUT2D eigenvalue weighted by atomic mass is 16.7. The maximum Gasteiger partial charge on any atom is 0.306 e. The second-order valence-electron chi connectivity index (χ2n) is 14.5. The maximum atomic E-state index is 12.7. The number of carbonyl (C=O) groups excluding carboxylic acids is 2. The summed E-state index contributed by atoms with van der Waals surface area (Å²) in [4.78, 5) is 25.2. The molecule has 1 aliphatic rings. The number of ether oxygens (including phenoxy) is 4. The first kappa shape index (κ1) is 50.4. The van der Waals surface area contributed by atoms with Crippen LogP contribution in [-0.4, -0.2) is 89.0 Å². The number of rotatable bonds is 34. The van der Waals surface area contributed by atoms with Crippen molar-refractivity contribution in [3.63, 3.8) is 0 Å². The zero-order valence-electron chi connectivity index (χ0n) is 34.2. The predicted octanol–water partition coefficient (Wildman–Crippen LogP) is 8.66. The molecule has 0 aromatic carbocycles. The Morgan fingerprint density at radius 3 is 1.75 bits per heavy atom. The summed E-state index contributed by atoms with van der Waals surface area (Å²) in [7, 11) is 0. The number of hydrogen-bond donors (Lipinski definition) is 4. The van der Waals surface area contributed by atoms with E-state index in [1.807, 2.05) is 36.5 Å². The molecule has 1 heterocycles. The van der Waals surface area contributed by atoms with Crippen LogP contribution in [-0.2, 0) is 28.5 Å². The molecule has 1 saturated heterocycles. The van der Waals surface area contributed by atoms with E-state index in [0.717, 1.165) is 51.4 Å². The number of aliphatic hydroxyl groups is 4. The van der Waals surface area contributed by atoms with Crippen molar-refractivity contribution in [1.29, 1.82) is 0 Å². The van der Waals surface area contributed by atoms with Crippen LogP contribution in [0, 0.1) is 0 Å². The number of unbranched alkanes of at least 4 members (excludes halogenated alkanes) is 16. The Kier molecular flexibility index (Phi) is 32.8. The minimum absolute atomic E-state index is 0.139. The molecule has 1 fully saturated rings. The van der Waals surface area contributed by atoms with Crippen LogP contribution in [0.4, 0.5) is 0 Å². The van der Waals surface area contributed by atoms with Crippen molar-refractivity contribution in [3.05, 3.63) is 60.8 Å². The van der Waals surface area contributed by atoms with Crippen molar-refractivity contribution >= 4 is 11.9 Å². The highest BCUT2D eigenvalue weighted by Crippen LogP contribution is 2.22. The van der Waals surface area contributed by atoms with Crippen LogP contribution in [0.1, 0.15) is 155 Å². The fourth-order valence-electron chi connectivity index (χ4n) is 6.10. The topological polar surface area (TPSA) is 152 Å². The number of aliphatic hydroxyl groups excluding tert-OH is 4. The molecular formula is C45H76O10. The molecule has 0 aliphatic carbocycles. The largest absolute Gasteiger partial charge is 0.462 e. The fraction of sp³-hybridized carbons (Fsp3) is 0.733. The Morgan fingerprint density at radius 1 is 0.582 bits per heavy atom. The minimum atomic E-state index is -1.61. The molecule has 0 aromatic rings.